The Hall–Kier alpha value is -3.69. The van der Waals surface area contributed by atoms with Crippen LogP contribution in [0.1, 0.15) is 46.6 Å². The highest BCUT2D eigenvalue weighted by Gasteiger charge is 2.49. The lowest BCUT2D eigenvalue weighted by Crippen LogP contribution is -2.58. The minimum Gasteiger partial charge on any atom is -0.381 e. The third kappa shape index (κ3) is 6.89. The van der Waals surface area contributed by atoms with E-state index < -0.39 is 34.7 Å². The van der Waals surface area contributed by atoms with Crippen molar-refractivity contribution in [2.75, 3.05) is 5.88 Å². The Morgan fingerprint density at radius 1 is 1.05 bits per heavy atom. The van der Waals surface area contributed by atoms with Crippen LogP contribution in [0.15, 0.2) is 72.9 Å². The van der Waals surface area contributed by atoms with Crippen molar-refractivity contribution in [1.29, 1.82) is 0 Å². The molecule has 3 aromatic rings. The number of aryl methyl sites for hydroxylation is 2. The molecule has 0 bridgehead atoms. The number of nitrogens with zero attached hydrogens (tertiary/aromatic N) is 2. The third-order valence-electron chi connectivity index (χ3n) is 7.21. The number of pyridine rings is 1. The molecule has 8 nitrogen and oxygen atoms in total. The summed E-state index contributed by atoms with van der Waals surface area (Å²) in [4.78, 5) is 45.9. The second-order valence-electron chi connectivity index (χ2n) is 10.6. The Balaban J connectivity index is 1.54. The van der Waals surface area contributed by atoms with Gasteiger partial charge < -0.3 is 20.6 Å². The molecule has 3 atom stereocenters. The summed E-state index contributed by atoms with van der Waals surface area (Å²) in [7, 11) is 0. The van der Waals surface area contributed by atoms with Gasteiger partial charge in [-0.25, -0.2) is 0 Å². The first-order chi connectivity index (χ1) is 19.1. The number of aromatic nitrogens is 1. The van der Waals surface area contributed by atoms with Crippen molar-refractivity contribution in [1.82, 2.24) is 20.5 Å². The Morgan fingerprint density at radius 3 is 2.42 bits per heavy atom. The van der Waals surface area contributed by atoms with E-state index in [2.05, 4.69) is 15.6 Å². The number of aliphatic hydroxyl groups is 1. The minimum absolute atomic E-state index is 0.229. The molecule has 0 saturated carbocycles. The molecule has 0 spiro atoms. The number of hydrogen-bond acceptors (Lipinski definition) is 6. The fourth-order valence-corrected chi connectivity index (χ4v) is 5.95. The van der Waals surface area contributed by atoms with E-state index in [0.717, 1.165) is 22.4 Å². The van der Waals surface area contributed by atoms with E-state index in [1.54, 1.807) is 12.1 Å². The largest absolute Gasteiger partial charge is 0.381 e. The lowest BCUT2D eigenvalue weighted by molar-refractivity contribution is -0.147. The standard InChI is InChI=1S/C31H36N4O4S/c1-20-10-8-9-13-23(20)17-33-29(38)27-31(3,4)40-19-35(27)30(39)26(36)25(16-22-11-6-5-7-12-22)34-28(37)24-15-14-21(2)32-18-24/h5-15,18,25-27,36H,16-17,19H2,1-4H3,(H,33,38)(H,34,37). The van der Waals surface area contributed by atoms with Crippen molar-refractivity contribution >= 4 is 29.5 Å². The molecular weight excluding hydrogens is 524 g/mol. The summed E-state index contributed by atoms with van der Waals surface area (Å²) in [6.45, 7) is 7.98. The van der Waals surface area contributed by atoms with Crippen LogP contribution in [0.2, 0.25) is 0 Å². The number of benzene rings is 2. The van der Waals surface area contributed by atoms with Crippen molar-refractivity contribution < 1.29 is 19.5 Å². The average molecular weight is 561 g/mol. The van der Waals surface area contributed by atoms with Crippen LogP contribution < -0.4 is 10.6 Å². The number of carbonyl (C=O) groups is 3. The molecule has 9 heteroatoms. The molecule has 3 unspecified atom stereocenters. The molecule has 4 rings (SSSR count). The van der Waals surface area contributed by atoms with E-state index in [1.165, 1.54) is 22.9 Å². The van der Waals surface area contributed by atoms with Gasteiger partial charge in [-0.15, -0.1) is 11.8 Å². The third-order valence-corrected chi connectivity index (χ3v) is 8.59. The van der Waals surface area contributed by atoms with Crippen LogP contribution in [-0.4, -0.2) is 61.5 Å². The first kappa shape index (κ1) is 29.3. The zero-order valence-electron chi connectivity index (χ0n) is 23.3. The fraction of sp³-hybridized carbons (Fsp3) is 0.355. The zero-order chi connectivity index (χ0) is 28.9. The molecule has 210 valence electrons. The topological polar surface area (TPSA) is 112 Å². The van der Waals surface area contributed by atoms with E-state index in [-0.39, 0.29) is 18.2 Å². The predicted octanol–water partition coefficient (Wildman–Crippen LogP) is 3.40. The number of carbonyl (C=O) groups excluding carboxylic acids is 3. The van der Waals surface area contributed by atoms with Crippen LogP contribution in [-0.2, 0) is 22.6 Å². The highest BCUT2D eigenvalue weighted by Crippen LogP contribution is 2.40. The fourth-order valence-electron chi connectivity index (χ4n) is 4.81. The second kappa shape index (κ2) is 12.7. The van der Waals surface area contributed by atoms with Crippen molar-refractivity contribution in [2.24, 2.45) is 0 Å². The van der Waals surface area contributed by atoms with Crippen LogP contribution in [0.3, 0.4) is 0 Å². The minimum atomic E-state index is -1.57. The first-order valence-corrected chi connectivity index (χ1v) is 14.3. The summed E-state index contributed by atoms with van der Waals surface area (Å²) in [5, 5.41) is 17.2. The van der Waals surface area contributed by atoms with Crippen molar-refractivity contribution in [2.45, 2.75) is 63.6 Å². The Labute approximate surface area is 239 Å². The lowest BCUT2D eigenvalue weighted by atomic mass is 9.97. The van der Waals surface area contributed by atoms with Gasteiger partial charge in [0, 0.05) is 23.2 Å². The van der Waals surface area contributed by atoms with Gasteiger partial charge in [-0.3, -0.25) is 19.4 Å². The van der Waals surface area contributed by atoms with Gasteiger partial charge in [-0.05, 0) is 62.9 Å². The summed E-state index contributed by atoms with van der Waals surface area (Å²) in [6.07, 6.45) is 0.129. The molecule has 3 amide bonds. The first-order valence-electron chi connectivity index (χ1n) is 13.3. The van der Waals surface area contributed by atoms with Gasteiger partial charge in [-0.2, -0.15) is 0 Å². The zero-order valence-corrected chi connectivity index (χ0v) is 24.1. The molecule has 1 fully saturated rings. The maximum Gasteiger partial charge on any atom is 0.254 e. The van der Waals surface area contributed by atoms with E-state index in [0.29, 0.717) is 12.1 Å². The van der Waals surface area contributed by atoms with Gasteiger partial charge in [0.1, 0.15) is 6.04 Å². The highest BCUT2D eigenvalue weighted by molar-refractivity contribution is 8.00. The SMILES string of the molecule is Cc1ccc(C(=O)NC(Cc2ccccc2)C(O)C(=O)N2CSC(C)(C)C2C(=O)NCc2ccccc2C)cn1. The molecule has 3 N–H and O–H groups in total. The number of nitrogens with one attached hydrogen (secondary N) is 2. The molecule has 2 aromatic carbocycles. The molecule has 1 aromatic heterocycles. The monoisotopic (exact) mass is 560 g/mol. The number of hydrogen-bond donors (Lipinski definition) is 3. The van der Waals surface area contributed by atoms with E-state index >= 15 is 0 Å². The van der Waals surface area contributed by atoms with E-state index in [1.807, 2.05) is 82.3 Å². The van der Waals surface area contributed by atoms with Gasteiger partial charge in [0.2, 0.25) is 5.91 Å². The van der Waals surface area contributed by atoms with Gasteiger partial charge in [0.05, 0.1) is 17.5 Å². The quantitative estimate of drug-likeness (QED) is 0.370. The van der Waals surface area contributed by atoms with Crippen LogP contribution in [0, 0.1) is 13.8 Å². The van der Waals surface area contributed by atoms with Crippen LogP contribution in [0.5, 0.6) is 0 Å². The average Bonchev–Trinajstić information content (AvgIpc) is 3.27. The molecule has 0 aliphatic carbocycles. The maximum atomic E-state index is 13.8. The number of thioether (sulfide) groups is 1. The van der Waals surface area contributed by atoms with Gasteiger partial charge in [-0.1, -0.05) is 54.6 Å². The Bertz CT molecular complexity index is 1350. The van der Waals surface area contributed by atoms with Crippen LogP contribution >= 0.6 is 11.8 Å². The highest BCUT2D eigenvalue weighted by atomic mass is 32.2. The number of aliphatic hydroxyl groups excluding tert-OH is 1. The van der Waals surface area contributed by atoms with Crippen molar-refractivity contribution in [3.05, 3.63) is 101 Å². The van der Waals surface area contributed by atoms with Crippen molar-refractivity contribution in [3.8, 4) is 0 Å². The normalized spacial score (nSPS) is 17.6. The second-order valence-corrected chi connectivity index (χ2v) is 12.2. The predicted molar refractivity (Wildman–Crippen MR) is 157 cm³/mol. The molecule has 40 heavy (non-hydrogen) atoms. The van der Waals surface area contributed by atoms with E-state index in [9.17, 15) is 19.5 Å². The van der Waals surface area contributed by atoms with E-state index in [4.69, 9.17) is 0 Å². The number of rotatable bonds is 9. The molecule has 1 aliphatic heterocycles. The lowest BCUT2D eigenvalue weighted by Gasteiger charge is -2.33. The Kier molecular flexibility index (Phi) is 9.27. The Morgan fingerprint density at radius 2 is 1.75 bits per heavy atom. The van der Waals surface area contributed by atoms with Gasteiger partial charge in [0.25, 0.3) is 11.8 Å². The van der Waals surface area contributed by atoms with Crippen LogP contribution in [0.4, 0.5) is 0 Å². The summed E-state index contributed by atoms with van der Waals surface area (Å²) in [6, 6.07) is 18.8. The van der Waals surface area contributed by atoms with Gasteiger partial charge in [0.15, 0.2) is 6.10 Å². The molecular formula is C31H36N4O4S. The van der Waals surface area contributed by atoms with Gasteiger partial charge >= 0.3 is 0 Å². The number of amides is 3. The molecule has 2 heterocycles. The summed E-state index contributed by atoms with van der Waals surface area (Å²) in [5.41, 5.74) is 4.01. The van der Waals surface area contributed by atoms with Crippen LogP contribution in [0.25, 0.3) is 0 Å². The summed E-state index contributed by atoms with van der Waals surface area (Å²) < 4.78 is -0.572. The molecule has 1 aliphatic rings. The summed E-state index contributed by atoms with van der Waals surface area (Å²) >= 11 is 1.48. The molecule has 1 saturated heterocycles. The summed E-state index contributed by atoms with van der Waals surface area (Å²) in [5.74, 6) is -1.08. The maximum absolute atomic E-state index is 13.8. The van der Waals surface area contributed by atoms with Crippen molar-refractivity contribution in [3.63, 3.8) is 0 Å². The molecule has 0 radical (unpaired) electrons. The smallest absolute Gasteiger partial charge is 0.254 e.